The average Bonchev–Trinajstić information content (AvgIpc) is 2.94. The van der Waals surface area contributed by atoms with Crippen molar-refractivity contribution in [2.45, 2.75) is 19.5 Å². The quantitative estimate of drug-likeness (QED) is 0.811. The Bertz CT molecular complexity index is 590. The van der Waals surface area contributed by atoms with Gasteiger partial charge in [-0.25, -0.2) is 8.78 Å². The molecule has 1 aromatic heterocycles. The van der Waals surface area contributed by atoms with Crippen LogP contribution in [0.15, 0.2) is 41.0 Å². The highest BCUT2D eigenvalue weighted by Gasteiger charge is 2.13. The third-order valence-corrected chi connectivity index (χ3v) is 2.92. The minimum absolute atomic E-state index is 0.228. The molecule has 1 aromatic carbocycles. The monoisotopic (exact) mass is 276 g/mol. The van der Waals surface area contributed by atoms with Gasteiger partial charge in [0.1, 0.15) is 5.76 Å². The summed E-state index contributed by atoms with van der Waals surface area (Å²) < 4.78 is 32.1. The number of nitrogens with zero attached hydrogens (tertiary/aromatic N) is 2. The Balaban J connectivity index is 2.10. The molecule has 0 spiro atoms. The van der Waals surface area contributed by atoms with E-state index >= 15 is 0 Å². The van der Waals surface area contributed by atoms with Crippen LogP contribution < -0.4 is 0 Å². The van der Waals surface area contributed by atoms with Crippen LogP contribution in [0.3, 0.4) is 0 Å². The van der Waals surface area contributed by atoms with Gasteiger partial charge in [-0.3, -0.25) is 4.90 Å². The van der Waals surface area contributed by atoms with Crippen molar-refractivity contribution >= 4 is 0 Å². The molecule has 0 N–H and O–H groups in total. The van der Waals surface area contributed by atoms with Crippen LogP contribution in [-0.4, -0.2) is 11.4 Å². The molecule has 0 amide bonds. The molecule has 0 radical (unpaired) electrons. The summed E-state index contributed by atoms with van der Waals surface area (Å²) in [6.45, 7) is 1.14. The zero-order valence-corrected chi connectivity index (χ0v) is 10.9. The van der Waals surface area contributed by atoms with Crippen molar-refractivity contribution in [3.05, 3.63) is 59.6 Å². The molecule has 0 aliphatic rings. The highest BCUT2D eigenvalue weighted by Crippen LogP contribution is 2.16. The fourth-order valence-electron chi connectivity index (χ4n) is 1.96. The van der Waals surface area contributed by atoms with Crippen LogP contribution in [0.1, 0.15) is 17.7 Å². The number of nitriles is 1. The van der Waals surface area contributed by atoms with E-state index < -0.39 is 11.6 Å². The van der Waals surface area contributed by atoms with E-state index in [1.165, 1.54) is 6.07 Å². The fourth-order valence-corrected chi connectivity index (χ4v) is 1.96. The van der Waals surface area contributed by atoms with E-state index in [0.29, 0.717) is 19.5 Å². The molecule has 0 saturated heterocycles. The van der Waals surface area contributed by atoms with Gasteiger partial charge >= 0.3 is 0 Å². The maximum Gasteiger partial charge on any atom is 0.163 e. The van der Waals surface area contributed by atoms with E-state index in [1.54, 1.807) is 24.5 Å². The molecule has 20 heavy (non-hydrogen) atoms. The van der Waals surface area contributed by atoms with Crippen LogP contribution in [0.2, 0.25) is 0 Å². The first-order chi connectivity index (χ1) is 9.70. The van der Waals surface area contributed by atoms with Gasteiger partial charge in [-0.15, -0.1) is 0 Å². The summed E-state index contributed by atoms with van der Waals surface area (Å²) in [5, 5.41) is 8.67. The molecule has 2 rings (SSSR count). The van der Waals surface area contributed by atoms with Crippen molar-refractivity contribution in [3.8, 4) is 6.07 Å². The van der Waals surface area contributed by atoms with Gasteiger partial charge in [-0.2, -0.15) is 5.26 Å². The van der Waals surface area contributed by atoms with E-state index in [1.807, 2.05) is 11.0 Å². The first kappa shape index (κ1) is 14.2. The lowest BCUT2D eigenvalue weighted by Gasteiger charge is -2.20. The van der Waals surface area contributed by atoms with Crippen molar-refractivity contribution in [2.75, 3.05) is 6.54 Å². The molecular weight excluding hydrogens is 262 g/mol. The van der Waals surface area contributed by atoms with Gasteiger partial charge in [0, 0.05) is 25.1 Å². The van der Waals surface area contributed by atoms with Crippen molar-refractivity contribution in [3.63, 3.8) is 0 Å². The van der Waals surface area contributed by atoms with E-state index in [9.17, 15) is 8.78 Å². The molecule has 3 nitrogen and oxygen atoms in total. The van der Waals surface area contributed by atoms with E-state index in [-0.39, 0.29) is 12.1 Å². The maximum absolute atomic E-state index is 13.7. The van der Waals surface area contributed by atoms with Crippen LogP contribution >= 0.6 is 0 Å². The molecule has 0 unspecified atom stereocenters. The summed E-state index contributed by atoms with van der Waals surface area (Å²) in [4.78, 5) is 1.85. The predicted octanol–water partition coefficient (Wildman–Crippen LogP) is 3.47. The summed E-state index contributed by atoms with van der Waals surface area (Å²) in [7, 11) is 0. The Morgan fingerprint density at radius 3 is 2.70 bits per heavy atom. The second kappa shape index (κ2) is 6.83. The second-order valence-corrected chi connectivity index (χ2v) is 4.41. The van der Waals surface area contributed by atoms with Crippen LogP contribution in [0.25, 0.3) is 0 Å². The van der Waals surface area contributed by atoms with E-state index in [4.69, 9.17) is 9.68 Å². The lowest BCUT2D eigenvalue weighted by atomic mass is 10.2. The molecule has 0 fully saturated rings. The van der Waals surface area contributed by atoms with Gasteiger partial charge in [0.05, 0.1) is 18.9 Å². The Morgan fingerprint density at radius 2 is 2.00 bits per heavy atom. The normalized spacial score (nSPS) is 10.7. The van der Waals surface area contributed by atoms with Crippen LogP contribution in [0, 0.1) is 23.0 Å². The van der Waals surface area contributed by atoms with Crippen LogP contribution in [0.4, 0.5) is 8.78 Å². The molecule has 2 aromatic rings. The zero-order valence-electron chi connectivity index (χ0n) is 10.9. The number of benzene rings is 1. The molecular formula is C15H14F2N2O. The molecule has 0 bridgehead atoms. The Hall–Kier alpha value is -2.19. The maximum atomic E-state index is 13.7. The summed E-state index contributed by atoms with van der Waals surface area (Å²) in [5.41, 5.74) is 0.273. The topological polar surface area (TPSA) is 40.2 Å². The second-order valence-electron chi connectivity index (χ2n) is 4.41. The molecule has 0 aliphatic heterocycles. The Kier molecular flexibility index (Phi) is 4.85. The molecule has 5 heteroatoms. The number of hydrogen-bond acceptors (Lipinski definition) is 3. The molecule has 1 heterocycles. The van der Waals surface area contributed by atoms with Gasteiger partial charge in [-0.05, 0) is 18.2 Å². The van der Waals surface area contributed by atoms with Crippen molar-refractivity contribution in [2.24, 2.45) is 0 Å². The zero-order chi connectivity index (χ0) is 14.4. The SMILES string of the molecule is N#CCCN(Cc1ccco1)Cc1cccc(F)c1F. The first-order valence-corrected chi connectivity index (χ1v) is 6.25. The minimum atomic E-state index is -0.860. The fraction of sp³-hybridized carbons (Fsp3) is 0.267. The Labute approximate surface area is 116 Å². The molecule has 0 saturated carbocycles. The molecule has 104 valence electrons. The number of rotatable bonds is 6. The lowest BCUT2D eigenvalue weighted by Crippen LogP contribution is -2.24. The average molecular weight is 276 g/mol. The minimum Gasteiger partial charge on any atom is -0.468 e. The van der Waals surface area contributed by atoms with Gasteiger partial charge in [0.25, 0.3) is 0 Å². The van der Waals surface area contributed by atoms with Gasteiger partial charge in [0.2, 0.25) is 0 Å². The lowest BCUT2D eigenvalue weighted by molar-refractivity contribution is 0.236. The van der Waals surface area contributed by atoms with Crippen molar-refractivity contribution in [1.82, 2.24) is 4.90 Å². The number of halogens is 2. The standard InChI is InChI=1S/C15H14F2N2O/c16-14-6-1-4-12(15(14)17)10-19(8-3-7-18)11-13-5-2-9-20-13/h1-2,4-6,9H,3,8,10-11H2. The van der Waals surface area contributed by atoms with Crippen LogP contribution in [-0.2, 0) is 13.1 Å². The summed E-state index contributed by atoms with van der Waals surface area (Å²) >= 11 is 0. The first-order valence-electron chi connectivity index (χ1n) is 6.25. The summed E-state index contributed by atoms with van der Waals surface area (Å²) in [5.74, 6) is -0.977. The molecule has 0 aliphatic carbocycles. The van der Waals surface area contributed by atoms with E-state index in [0.717, 1.165) is 11.8 Å². The van der Waals surface area contributed by atoms with Gasteiger partial charge in [-0.1, -0.05) is 12.1 Å². The third kappa shape index (κ3) is 3.65. The van der Waals surface area contributed by atoms with Crippen LogP contribution in [0.5, 0.6) is 0 Å². The van der Waals surface area contributed by atoms with Crippen molar-refractivity contribution in [1.29, 1.82) is 5.26 Å². The number of hydrogen-bond donors (Lipinski definition) is 0. The summed E-state index contributed by atoms with van der Waals surface area (Å²) in [6, 6.07) is 9.73. The Morgan fingerprint density at radius 1 is 1.15 bits per heavy atom. The highest BCUT2D eigenvalue weighted by molar-refractivity contribution is 5.19. The highest BCUT2D eigenvalue weighted by atomic mass is 19.2. The molecule has 0 atom stereocenters. The smallest absolute Gasteiger partial charge is 0.163 e. The van der Waals surface area contributed by atoms with Crippen molar-refractivity contribution < 1.29 is 13.2 Å². The largest absolute Gasteiger partial charge is 0.468 e. The summed E-state index contributed by atoms with van der Waals surface area (Å²) in [6.07, 6.45) is 1.87. The van der Waals surface area contributed by atoms with Gasteiger partial charge < -0.3 is 4.42 Å². The van der Waals surface area contributed by atoms with E-state index in [2.05, 4.69) is 0 Å². The number of furan rings is 1. The van der Waals surface area contributed by atoms with Gasteiger partial charge in [0.15, 0.2) is 11.6 Å². The predicted molar refractivity (Wildman–Crippen MR) is 69.4 cm³/mol. The third-order valence-electron chi connectivity index (χ3n) is 2.92.